The van der Waals surface area contributed by atoms with E-state index in [4.69, 9.17) is 5.73 Å². The van der Waals surface area contributed by atoms with Crippen molar-refractivity contribution in [3.63, 3.8) is 0 Å². The van der Waals surface area contributed by atoms with Crippen LogP contribution in [0.2, 0.25) is 0 Å². The molecule has 1 aliphatic rings. The van der Waals surface area contributed by atoms with Gasteiger partial charge in [0, 0.05) is 12.6 Å². The van der Waals surface area contributed by atoms with Crippen LogP contribution >= 0.6 is 0 Å². The molecular formula is C11H18N4. The monoisotopic (exact) mass is 206 g/mol. The largest absolute Gasteiger partial charge is 0.327 e. The van der Waals surface area contributed by atoms with Crippen molar-refractivity contribution in [1.82, 2.24) is 14.8 Å². The van der Waals surface area contributed by atoms with Gasteiger partial charge in [0.15, 0.2) is 5.82 Å². The van der Waals surface area contributed by atoms with Gasteiger partial charge in [-0.25, -0.2) is 9.67 Å². The Bertz CT molecular complexity index is 353. The summed E-state index contributed by atoms with van der Waals surface area (Å²) in [5.74, 6) is 0.960. The van der Waals surface area contributed by atoms with Crippen LogP contribution in [0, 0.1) is 0 Å². The number of nitrogens with two attached hydrogens (primary N) is 1. The Labute approximate surface area is 90.2 Å². The second kappa shape index (κ2) is 4.57. The summed E-state index contributed by atoms with van der Waals surface area (Å²) in [5.41, 5.74) is 7.35. The van der Waals surface area contributed by atoms with Crippen LogP contribution in [0.5, 0.6) is 0 Å². The normalized spacial score (nSPS) is 24.7. The molecule has 15 heavy (non-hydrogen) atoms. The van der Waals surface area contributed by atoms with E-state index < -0.39 is 0 Å². The summed E-state index contributed by atoms with van der Waals surface area (Å²) < 4.78 is 1.91. The Morgan fingerprint density at radius 2 is 2.53 bits per heavy atom. The summed E-state index contributed by atoms with van der Waals surface area (Å²) >= 11 is 0. The van der Waals surface area contributed by atoms with Gasteiger partial charge in [-0.15, -0.1) is 0 Å². The lowest BCUT2D eigenvalue weighted by Gasteiger charge is -2.20. The molecule has 1 fully saturated rings. The number of nitrogens with zero attached hydrogens (tertiary/aromatic N) is 3. The quantitative estimate of drug-likeness (QED) is 0.799. The van der Waals surface area contributed by atoms with Crippen LogP contribution in [-0.4, -0.2) is 20.8 Å². The molecule has 1 heterocycles. The minimum absolute atomic E-state index is 0.336. The van der Waals surface area contributed by atoms with Gasteiger partial charge < -0.3 is 5.73 Å². The third-order valence-corrected chi connectivity index (χ3v) is 2.88. The molecule has 4 heteroatoms. The van der Waals surface area contributed by atoms with Crippen molar-refractivity contribution in [3.05, 3.63) is 17.7 Å². The van der Waals surface area contributed by atoms with E-state index in [1.165, 1.54) is 12.0 Å². The molecule has 1 atom stereocenters. The fourth-order valence-corrected chi connectivity index (χ4v) is 2.07. The summed E-state index contributed by atoms with van der Waals surface area (Å²) in [6.45, 7) is 2.94. The van der Waals surface area contributed by atoms with Crippen molar-refractivity contribution < 1.29 is 0 Å². The van der Waals surface area contributed by atoms with Crippen LogP contribution in [0.4, 0.5) is 0 Å². The van der Waals surface area contributed by atoms with Crippen LogP contribution < -0.4 is 5.73 Å². The van der Waals surface area contributed by atoms with Gasteiger partial charge >= 0.3 is 0 Å². The van der Waals surface area contributed by atoms with Crippen molar-refractivity contribution in [2.45, 2.75) is 45.2 Å². The molecule has 4 nitrogen and oxygen atoms in total. The van der Waals surface area contributed by atoms with Crippen molar-refractivity contribution in [2.24, 2.45) is 5.73 Å². The molecule has 82 valence electrons. The summed E-state index contributed by atoms with van der Waals surface area (Å²) in [6.07, 6.45) is 8.28. The summed E-state index contributed by atoms with van der Waals surface area (Å²) in [7, 11) is 0. The van der Waals surface area contributed by atoms with Gasteiger partial charge in [-0.1, -0.05) is 5.57 Å². The molecule has 1 unspecified atom stereocenters. The average Bonchev–Trinajstić information content (AvgIpc) is 2.65. The minimum atomic E-state index is 0.336. The van der Waals surface area contributed by atoms with Gasteiger partial charge in [0.05, 0.1) is 0 Å². The van der Waals surface area contributed by atoms with E-state index in [9.17, 15) is 0 Å². The fraction of sp³-hybridized carbons (Fsp3) is 0.636. The summed E-state index contributed by atoms with van der Waals surface area (Å²) in [6, 6.07) is 0.336. The first-order chi connectivity index (χ1) is 7.29. The van der Waals surface area contributed by atoms with Gasteiger partial charge in [-0.2, -0.15) is 5.10 Å². The van der Waals surface area contributed by atoms with Crippen LogP contribution in [0.25, 0.3) is 6.08 Å². The van der Waals surface area contributed by atoms with E-state index in [0.29, 0.717) is 6.04 Å². The molecule has 0 aliphatic heterocycles. The fourth-order valence-electron chi connectivity index (χ4n) is 2.07. The molecule has 0 aromatic carbocycles. The molecule has 1 aliphatic carbocycles. The first kappa shape index (κ1) is 10.4. The summed E-state index contributed by atoms with van der Waals surface area (Å²) in [4.78, 5) is 4.24. The highest BCUT2D eigenvalue weighted by molar-refractivity contribution is 5.45. The molecule has 0 saturated heterocycles. The molecule has 0 bridgehead atoms. The summed E-state index contributed by atoms with van der Waals surface area (Å²) in [5, 5.41) is 4.15. The van der Waals surface area contributed by atoms with Gasteiger partial charge in [-0.3, -0.25) is 0 Å². The first-order valence-corrected chi connectivity index (χ1v) is 5.62. The van der Waals surface area contributed by atoms with Gasteiger partial charge in [-0.05, 0) is 38.7 Å². The number of aryl methyl sites for hydroxylation is 1. The van der Waals surface area contributed by atoms with Crippen LogP contribution in [0.3, 0.4) is 0 Å². The zero-order chi connectivity index (χ0) is 10.7. The standard InChI is InChI=1S/C11H18N4/c1-2-15-11(13-8-14-15)7-9-4-3-5-10(12)6-9/h7-8,10H,2-6,12H2,1H3. The van der Waals surface area contributed by atoms with E-state index in [0.717, 1.165) is 31.6 Å². The third-order valence-electron chi connectivity index (χ3n) is 2.88. The van der Waals surface area contributed by atoms with E-state index in [-0.39, 0.29) is 0 Å². The van der Waals surface area contributed by atoms with Crippen molar-refractivity contribution >= 4 is 6.08 Å². The smallest absolute Gasteiger partial charge is 0.150 e. The zero-order valence-corrected chi connectivity index (χ0v) is 9.19. The number of aromatic nitrogens is 3. The molecule has 2 N–H and O–H groups in total. The van der Waals surface area contributed by atoms with E-state index in [2.05, 4.69) is 23.1 Å². The van der Waals surface area contributed by atoms with Crippen LogP contribution in [0.15, 0.2) is 11.9 Å². The zero-order valence-electron chi connectivity index (χ0n) is 9.19. The lowest BCUT2D eigenvalue weighted by Crippen LogP contribution is -2.23. The van der Waals surface area contributed by atoms with Gasteiger partial charge in [0.1, 0.15) is 6.33 Å². The molecule has 1 aromatic rings. The molecule has 0 spiro atoms. The Kier molecular flexibility index (Phi) is 3.16. The average molecular weight is 206 g/mol. The minimum Gasteiger partial charge on any atom is -0.327 e. The maximum absolute atomic E-state index is 5.94. The van der Waals surface area contributed by atoms with Crippen molar-refractivity contribution in [3.8, 4) is 0 Å². The highest BCUT2D eigenvalue weighted by Crippen LogP contribution is 2.23. The van der Waals surface area contributed by atoms with Crippen molar-refractivity contribution in [1.29, 1.82) is 0 Å². The molecule has 0 radical (unpaired) electrons. The van der Waals surface area contributed by atoms with Gasteiger partial charge in [0.25, 0.3) is 0 Å². The predicted molar refractivity (Wildman–Crippen MR) is 60.1 cm³/mol. The molecule has 1 aromatic heterocycles. The van der Waals surface area contributed by atoms with E-state index in [1.807, 2.05) is 4.68 Å². The van der Waals surface area contributed by atoms with E-state index in [1.54, 1.807) is 6.33 Å². The topological polar surface area (TPSA) is 56.7 Å². The molecule has 1 saturated carbocycles. The first-order valence-electron chi connectivity index (χ1n) is 5.62. The molecule has 2 rings (SSSR count). The van der Waals surface area contributed by atoms with Crippen LogP contribution in [0.1, 0.15) is 38.4 Å². The predicted octanol–water partition coefficient (Wildman–Crippen LogP) is 1.58. The second-order valence-corrected chi connectivity index (χ2v) is 4.09. The molecular weight excluding hydrogens is 188 g/mol. The number of hydrogen-bond acceptors (Lipinski definition) is 3. The third kappa shape index (κ3) is 2.45. The maximum Gasteiger partial charge on any atom is 0.150 e. The van der Waals surface area contributed by atoms with Crippen molar-refractivity contribution in [2.75, 3.05) is 0 Å². The highest BCUT2D eigenvalue weighted by Gasteiger charge is 2.13. The Balaban J connectivity index is 2.14. The number of hydrogen-bond donors (Lipinski definition) is 1. The lowest BCUT2D eigenvalue weighted by atomic mass is 9.91. The Morgan fingerprint density at radius 1 is 1.67 bits per heavy atom. The Morgan fingerprint density at radius 3 is 3.27 bits per heavy atom. The highest BCUT2D eigenvalue weighted by atomic mass is 15.3. The lowest BCUT2D eigenvalue weighted by molar-refractivity contribution is 0.519. The Hall–Kier alpha value is -1.16. The SMILES string of the molecule is CCn1ncnc1C=C1CCCC(N)C1. The number of rotatable bonds is 2. The second-order valence-electron chi connectivity index (χ2n) is 4.09. The maximum atomic E-state index is 5.94. The van der Waals surface area contributed by atoms with E-state index >= 15 is 0 Å². The molecule has 0 amide bonds. The van der Waals surface area contributed by atoms with Crippen LogP contribution in [-0.2, 0) is 6.54 Å². The van der Waals surface area contributed by atoms with Gasteiger partial charge in [0.2, 0.25) is 0 Å².